The number of hydrogen-bond donors (Lipinski definition) is 1. The van der Waals surface area contributed by atoms with E-state index >= 15 is 0 Å². The van der Waals surface area contributed by atoms with E-state index in [0.29, 0.717) is 39.1 Å². The van der Waals surface area contributed by atoms with Gasteiger partial charge in [0, 0.05) is 51.0 Å². The molecule has 26 heavy (non-hydrogen) atoms. The summed E-state index contributed by atoms with van der Waals surface area (Å²) in [5, 5.41) is 2.93. The molecule has 1 aromatic rings. The lowest BCUT2D eigenvalue weighted by Crippen LogP contribution is -2.55. The molecule has 8 heteroatoms. The minimum absolute atomic E-state index is 0.00467. The van der Waals surface area contributed by atoms with Crippen LogP contribution in [0.3, 0.4) is 0 Å². The monoisotopic (exact) mass is 364 g/mol. The first-order valence-electron chi connectivity index (χ1n) is 9.30. The second-order valence-corrected chi connectivity index (χ2v) is 7.19. The van der Waals surface area contributed by atoms with Gasteiger partial charge in [0.05, 0.1) is 6.54 Å². The summed E-state index contributed by atoms with van der Waals surface area (Å²) in [6, 6.07) is 0.0595. The van der Waals surface area contributed by atoms with Crippen molar-refractivity contribution in [2.75, 3.05) is 26.3 Å². The maximum Gasteiger partial charge on any atom is 0.251 e. The van der Waals surface area contributed by atoms with Crippen LogP contribution in [0, 0.1) is 0 Å². The first-order valence-corrected chi connectivity index (χ1v) is 9.30. The van der Waals surface area contributed by atoms with Crippen LogP contribution in [-0.2, 0) is 31.2 Å². The third kappa shape index (κ3) is 3.76. The summed E-state index contributed by atoms with van der Waals surface area (Å²) < 4.78 is 13.5. The van der Waals surface area contributed by atoms with Crippen LogP contribution in [0.15, 0.2) is 12.4 Å². The molecule has 8 nitrogen and oxygen atoms in total. The molecule has 1 saturated heterocycles. The van der Waals surface area contributed by atoms with Gasteiger partial charge >= 0.3 is 0 Å². The molecule has 0 radical (unpaired) electrons. The van der Waals surface area contributed by atoms with Crippen LogP contribution >= 0.6 is 0 Å². The number of rotatable bonds is 5. The summed E-state index contributed by atoms with van der Waals surface area (Å²) in [4.78, 5) is 31.0. The van der Waals surface area contributed by atoms with Crippen molar-refractivity contribution in [1.82, 2.24) is 19.8 Å². The molecular formula is C18H28N4O4. The largest absolute Gasteiger partial charge is 0.372 e. The molecule has 1 fully saturated rings. The van der Waals surface area contributed by atoms with E-state index < -0.39 is 11.7 Å². The van der Waals surface area contributed by atoms with Crippen molar-refractivity contribution in [3.05, 3.63) is 18.2 Å². The Morgan fingerprint density at radius 2 is 2.15 bits per heavy atom. The molecule has 0 unspecified atom stereocenters. The molecule has 0 saturated carbocycles. The standard InChI is InChI=1S/C18H28N4O4/c1-4-25-12-15(23)21-8-5-18(6-9-21)17-19-7-10-22(17)11-14(26-18)16(24)20-13(2)3/h7,10,13-14H,4-6,8-9,11-12H2,1-3H3,(H,20,24)/t14-/m1/s1. The van der Waals surface area contributed by atoms with Gasteiger partial charge in [-0.05, 0) is 20.8 Å². The Balaban J connectivity index is 1.73. The Bertz CT molecular complexity index is 649. The lowest BCUT2D eigenvalue weighted by Gasteiger charge is -2.45. The van der Waals surface area contributed by atoms with Crippen molar-refractivity contribution in [3.8, 4) is 0 Å². The number of likely N-dealkylation sites (tertiary alicyclic amines) is 1. The van der Waals surface area contributed by atoms with Crippen molar-refractivity contribution in [1.29, 1.82) is 0 Å². The molecule has 1 aromatic heterocycles. The summed E-state index contributed by atoms with van der Waals surface area (Å²) in [5.74, 6) is 0.742. The highest BCUT2D eigenvalue weighted by molar-refractivity contribution is 5.81. The highest BCUT2D eigenvalue weighted by atomic mass is 16.5. The zero-order valence-electron chi connectivity index (χ0n) is 15.7. The number of aromatic nitrogens is 2. The van der Waals surface area contributed by atoms with Crippen molar-refractivity contribution < 1.29 is 19.1 Å². The molecule has 3 rings (SSSR count). The Hall–Kier alpha value is -1.93. The number of carbonyl (C=O) groups excluding carboxylic acids is 2. The van der Waals surface area contributed by atoms with Gasteiger partial charge in [0.2, 0.25) is 5.91 Å². The second-order valence-electron chi connectivity index (χ2n) is 7.19. The van der Waals surface area contributed by atoms with Crippen molar-refractivity contribution in [2.45, 2.75) is 57.9 Å². The normalized spacial score (nSPS) is 21.7. The van der Waals surface area contributed by atoms with E-state index in [1.54, 1.807) is 11.1 Å². The number of hydrogen-bond acceptors (Lipinski definition) is 5. The number of carbonyl (C=O) groups is 2. The van der Waals surface area contributed by atoms with Crippen LogP contribution in [0.2, 0.25) is 0 Å². The molecule has 1 spiro atoms. The number of imidazole rings is 1. The van der Waals surface area contributed by atoms with Crippen LogP contribution < -0.4 is 5.32 Å². The lowest BCUT2D eigenvalue weighted by molar-refractivity contribution is -0.176. The average molecular weight is 364 g/mol. The van der Waals surface area contributed by atoms with Crippen molar-refractivity contribution in [3.63, 3.8) is 0 Å². The topological polar surface area (TPSA) is 85.7 Å². The Kier molecular flexibility index (Phi) is 5.62. The average Bonchev–Trinajstić information content (AvgIpc) is 3.09. The van der Waals surface area contributed by atoms with Gasteiger partial charge in [-0.1, -0.05) is 0 Å². The van der Waals surface area contributed by atoms with E-state index in [1.165, 1.54) is 0 Å². The highest BCUT2D eigenvalue weighted by Gasteiger charge is 2.47. The van der Waals surface area contributed by atoms with E-state index in [-0.39, 0.29) is 24.5 Å². The van der Waals surface area contributed by atoms with E-state index in [0.717, 1.165) is 5.82 Å². The van der Waals surface area contributed by atoms with Crippen LogP contribution in [0.4, 0.5) is 0 Å². The summed E-state index contributed by atoms with van der Waals surface area (Å²) in [7, 11) is 0. The number of amides is 2. The molecular weight excluding hydrogens is 336 g/mol. The maximum atomic E-state index is 12.5. The van der Waals surface area contributed by atoms with E-state index in [2.05, 4.69) is 10.3 Å². The summed E-state index contributed by atoms with van der Waals surface area (Å²) >= 11 is 0. The first kappa shape index (κ1) is 18.8. The van der Waals surface area contributed by atoms with Gasteiger partial charge in [-0.15, -0.1) is 0 Å². The first-order chi connectivity index (χ1) is 12.4. The summed E-state index contributed by atoms with van der Waals surface area (Å²) in [6.45, 7) is 7.96. The Labute approximate surface area is 153 Å². The molecule has 0 aromatic carbocycles. The number of ether oxygens (including phenoxy) is 2. The van der Waals surface area contributed by atoms with Crippen LogP contribution in [-0.4, -0.2) is 64.7 Å². The van der Waals surface area contributed by atoms with E-state index in [1.807, 2.05) is 31.5 Å². The molecule has 1 N–H and O–H groups in total. The quantitative estimate of drug-likeness (QED) is 0.830. The predicted octanol–water partition coefficient (Wildman–Crippen LogP) is 0.661. The van der Waals surface area contributed by atoms with Crippen molar-refractivity contribution >= 4 is 11.8 Å². The molecule has 2 amide bonds. The molecule has 0 bridgehead atoms. The van der Waals surface area contributed by atoms with Gasteiger partial charge < -0.3 is 24.3 Å². The second kappa shape index (κ2) is 7.75. The molecule has 0 aliphatic carbocycles. The van der Waals surface area contributed by atoms with Crippen LogP contribution in [0.1, 0.15) is 39.4 Å². The fourth-order valence-corrected chi connectivity index (χ4v) is 3.65. The van der Waals surface area contributed by atoms with E-state index in [9.17, 15) is 9.59 Å². The fraction of sp³-hybridized carbons (Fsp3) is 0.722. The van der Waals surface area contributed by atoms with Gasteiger partial charge in [-0.25, -0.2) is 4.98 Å². The number of nitrogens with one attached hydrogen (secondary N) is 1. The molecule has 2 aliphatic heterocycles. The van der Waals surface area contributed by atoms with Crippen LogP contribution in [0.5, 0.6) is 0 Å². The summed E-state index contributed by atoms with van der Waals surface area (Å²) in [6.07, 6.45) is 4.32. The molecule has 2 aliphatic rings. The van der Waals surface area contributed by atoms with Gasteiger partial charge in [-0.3, -0.25) is 9.59 Å². The third-order valence-electron chi connectivity index (χ3n) is 4.93. The molecule has 1 atom stereocenters. The fourth-order valence-electron chi connectivity index (χ4n) is 3.65. The summed E-state index contributed by atoms with van der Waals surface area (Å²) in [5.41, 5.74) is -0.622. The van der Waals surface area contributed by atoms with E-state index in [4.69, 9.17) is 9.47 Å². The molecule has 3 heterocycles. The van der Waals surface area contributed by atoms with Gasteiger partial charge in [-0.2, -0.15) is 0 Å². The zero-order chi connectivity index (χ0) is 18.7. The number of fused-ring (bicyclic) bond motifs is 2. The lowest BCUT2D eigenvalue weighted by atomic mass is 9.88. The van der Waals surface area contributed by atoms with Gasteiger partial charge in [0.1, 0.15) is 18.0 Å². The smallest absolute Gasteiger partial charge is 0.251 e. The van der Waals surface area contributed by atoms with Gasteiger partial charge in [0.25, 0.3) is 5.91 Å². The number of nitrogens with zero attached hydrogens (tertiary/aromatic N) is 3. The highest BCUT2D eigenvalue weighted by Crippen LogP contribution is 2.40. The Morgan fingerprint density at radius 1 is 1.42 bits per heavy atom. The maximum absolute atomic E-state index is 12.5. The minimum Gasteiger partial charge on any atom is -0.372 e. The van der Waals surface area contributed by atoms with Crippen LogP contribution in [0.25, 0.3) is 0 Å². The molecule has 144 valence electrons. The Morgan fingerprint density at radius 3 is 2.81 bits per heavy atom. The van der Waals surface area contributed by atoms with Crippen molar-refractivity contribution in [2.24, 2.45) is 0 Å². The SMILES string of the molecule is CCOCC(=O)N1CCC2(CC1)O[C@@H](C(=O)NC(C)C)Cn1ccnc12. The predicted molar refractivity (Wildman–Crippen MR) is 94.4 cm³/mol. The minimum atomic E-state index is -0.622. The zero-order valence-corrected chi connectivity index (χ0v) is 15.7. The number of piperidine rings is 1. The third-order valence-corrected chi connectivity index (χ3v) is 4.93. The van der Waals surface area contributed by atoms with Gasteiger partial charge in [0.15, 0.2) is 6.10 Å².